The molecule has 4 heteroatoms. The number of rotatable bonds is 3. The Morgan fingerprint density at radius 1 is 1.56 bits per heavy atom. The van der Waals surface area contributed by atoms with Gasteiger partial charge in [-0.25, -0.2) is 4.98 Å². The summed E-state index contributed by atoms with van der Waals surface area (Å²) >= 11 is 0. The van der Waals surface area contributed by atoms with Crippen LogP contribution in [0.15, 0.2) is 18.3 Å². The van der Waals surface area contributed by atoms with Crippen LogP contribution in [0, 0.1) is 17.2 Å². The van der Waals surface area contributed by atoms with Gasteiger partial charge in [0.1, 0.15) is 11.8 Å². The molecule has 4 nitrogen and oxygen atoms in total. The molecule has 2 heterocycles. The molecule has 3 rings (SSSR count). The van der Waals surface area contributed by atoms with Gasteiger partial charge in [-0.2, -0.15) is 5.26 Å². The smallest absolute Gasteiger partial charge is 0.141 e. The normalized spacial score (nSPS) is 22.7. The first-order chi connectivity index (χ1) is 8.76. The van der Waals surface area contributed by atoms with Gasteiger partial charge in [0.15, 0.2) is 0 Å². The molecule has 0 saturated heterocycles. The summed E-state index contributed by atoms with van der Waals surface area (Å²) < 4.78 is 0. The third kappa shape index (κ3) is 1.98. The Bertz CT molecular complexity index is 602. The summed E-state index contributed by atoms with van der Waals surface area (Å²) in [7, 11) is 0. The average molecular weight is 240 g/mol. The minimum Gasteiger partial charge on any atom is -0.360 e. The van der Waals surface area contributed by atoms with Crippen molar-refractivity contribution in [1.82, 2.24) is 15.3 Å². The van der Waals surface area contributed by atoms with E-state index in [1.807, 2.05) is 18.3 Å². The lowest BCUT2D eigenvalue weighted by molar-refractivity contribution is 0.240. The zero-order valence-electron chi connectivity index (χ0n) is 10.4. The number of hydrogen-bond acceptors (Lipinski definition) is 3. The molecule has 0 atom stereocenters. The molecule has 1 aliphatic carbocycles. The highest BCUT2D eigenvalue weighted by atomic mass is 14.9. The topological polar surface area (TPSA) is 64.5 Å². The van der Waals surface area contributed by atoms with E-state index in [-0.39, 0.29) is 0 Å². The van der Waals surface area contributed by atoms with Crippen LogP contribution in [-0.2, 0) is 6.54 Å². The van der Waals surface area contributed by atoms with Crippen LogP contribution < -0.4 is 5.32 Å². The standard InChI is InChI=1S/C14H16N4/c1-9-4-11(5-9)17-8-10-6-12(7-15)18-13-2-3-16-14(10)13/h2-3,6,9,11,16-17H,4-5,8H2,1H3. The second-order valence-electron chi connectivity index (χ2n) is 5.17. The number of nitrogens with zero attached hydrogens (tertiary/aromatic N) is 2. The van der Waals surface area contributed by atoms with E-state index in [1.54, 1.807) is 0 Å². The molecule has 18 heavy (non-hydrogen) atoms. The molecule has 0 bridgehead atoms. The first-order valence-electron chi connectivity index (χ1n) is 6.36. The number of aromatic nitrogens is 2. The fraction of sp³-hybridized carbons (Fsp3) is 0.429. The molecule has 1 saturated carbocycles. The Morgan fingerprint density at radius 3 is 3.11 bits per heavy atom. The van der Waals surface area contributed by atoms with Crippen molar-refractivity contribution in [3.63, 3.8) is 0 Å². The summed E-state index contributed by atoms with van der Waals surface area (Å²) in [6, 6.07) is 6.52. The molecule has 0 aliphatic heterocycles. The Labute approximate surface area is 106 Å². The van der Waals surface area contributed by atoms with E-state index in [4.69, 9.17) is 5.26 Å². The van der Waals surface area contributed by atoms with Gasteiger partial charge in [-0.1, -0.05) is 6.92 Å². The van der Waals surface area contributed by atoms with Gasteiger partial charge in [-0.15, -0.1) is 0 Å². The van der Waals surface area contributed by atoms with Gasteiger partial charge in [0, 0.05) is 18.8 Å². The van der Waals surface area contributed by atoms with Gasteiger partial charge in [0.05, 0.1) is 11.0 Å². The van der Waals surface area contributed by atoms with Crippen LogP contribution in [0.25, 0.3) is 11.0 Å². The lowest BCUT2D eigenvalue weighted by atomic mass is 9.82. The predicted octanol–water partition coefficient (Wildman–Crippen LogP) is 2.32. The number of fused-ring (bicyclic) bond motifs is 1. The minimum absolute atomic E-state index is 0.487. The third-order valence-corrected chi connectivity index (χ3v) is 3.67. The highest BCUT2D eigenvalue weighted by Crippen LogP contribution is 2.27. The highest BCUT2D eigenvalue weighted by molar-refractivity contribution is 5.79. The van der Waals surface area contributed by atoms with Gasteiger partial charge >= 0.3 is 0 Å². The number of H-pyrrole nitrogens is 1. The van der Waals surface area contributed by atoms with Gasteiger partial charge < -0.3 is 10.3 Å². The maximum Gasteiger partial charge on any atom is 0.141 e. The summed E-state index contributed by atoms with van der Waals surface area (Å²) in [4.78, 5) is 7.46. The highest BCUT2D eigenvalue weighted by Gasteiger charge is 2.24. The molecule has 2 aromatic rings. The van der Waals surface area contributed by atoms with Crippen molar-refractivity contribution in [2.75, 3.05) is 0 Å². The number of nitrogens with one attached hydrogen (secondary N) is 2. The van der Waals surface area contributed by atoms with Crippen molar-refractivity contribution in [1.29, 1.82) is 5.26 Å². The summed E-state index contributed by atoms with van der Waals surface area (Å²) in [6.45, 7) is 3.08. The van der Waals surface area contributed by atoms with Gasteiger partial charge in [0.25, 0.3) is 0 Å². The maximum atomic E-state index is 8.99. The van der Waals surface area contributed by atoms with Crippen molar-refractivity contribution in [2.24, 2.45) is 5.92 Å². The number of hydrogen-bond donors (Lipinski definition) is 2. The number of nitriles is 1. The van der Waals surface area contributed by atoms with Crippen LogP contribution in [0.3, 0.4) is 0 Å². The summed E-state index contributed by atoms with van der Waals surface area (Å²) in [5.41, 5.74) is 3.52. The van der Waals surface area contributed by atoms with E-state index in [1.165, 1.54) is 12.8 Å². The lowest BCUT2D eigenvalue weighted by Crippen LogP contribution is -2.39. The van der Waals surface area contributed by atoms with Gasteiger partial charge in [-0.3, -0.25) is 0 Å². The van der Waals surface area contributed by atoms with Gasteiger partial charge in [0.2, 0.25) is 0 Å². The molecular formula is C14H16N4. The molecule has 92 valence electrons. The zero-order valence-corrected chi connectivity index (χ0v) is 10.4. The third-order valence-electron chi connectivity index (χ3n) is 3.67. The molecule has 0 amide bonds. The summed E-state index contributed by atoms with van der Waals surface area (Å²) in [5, 5.41) is 12.5. The first-order valence-corrected chi connectivity index (χ1v) is 6.36. The molecule has 0 spiro atoms. The second-order valence-corrected chi connectivity index (χ2v) is 5.17. The zero-order chi connectivity index (χ0) is 12.5. The largest absolute Gasteiger partial charge is 0.360 e. The molecule has 0 unspecified atom stereocenters. The monoisotopic (exact) mass is 240 g/mol. The fourth-order valence-electron chi connectivity index (χ4n) is 2.63. The Hall–Kier alpha value is -1.86. The SMILES string of the molecule is CC1CC(NCc2cc(C#N)nc3cc[nH]c23)C1. The van der Waals surface area contributed by atoms with E-state index in [9.17, 15) is 0 Å². The van der Waals surface area contributed by atoms with Crippen LogP contribution in [0.4, 0.5) is 0 Å². The van der Waals surface area contributed by atoms with Crippen molar-refractivity contribution in [2.45, 2.75) is 32.4 Å². The van der Waals surface area contributed by atoms with E-state index in [0.717, 1.165) is 29.1 Å². The molecule has 2 aromatic heterocycles. The molecular weight excluding hydrogens is 224 g/mol. The van der Waals surface area contributed by atoms with Crippen molar-refractivity contribution in [3.05, 3.63) is 29.6 Å². The maximum absolute atomic E-state index is 8.99. The fourth-order valence-corrected chi connectivity index (χ4v) is 2.63. The van der Waals surface area contributed by atoms with E-state index in [2.05, 4.69) is 28.3 Å². The number of aromatic amines is 1. The van der Waals surface area contributed by atoms with Crippen LogP contribution in [0.5, 0.6) is 0 Å². The number of pyridine rings is 1. The Kier molecular flexibility index (Phi) is 2.77. The minimum atomic E-state index is 0.487. The van der Waals surface area contributed by atoms with Crippen LogP contribution in [-0.4, -0.2) is 16.0 Å². The second kappa shape index (κ2) is 4.43. The summed E-state index contributed by atoms with van der Waals surface area (Å²) in [6.07, 6.45) is 4.38. The Balaban J connectivity index is 1.81. The quantitative estimate of drug-likeness (QED) is 0.865. The average Bonchev–Trinajstić information content (AvgIpc) is 2.80. The van der Waals surface area contributed by atoms with E-state index >= 15 is 0 Å². The molecule has 1 aliphatic rings. The Morgan fingerprint density at radius 2 is 2.39 bits per heavy atom. The van der Waals surface area contributed by atoms with Gasteiger partial charge in [-0.05, 0) is 36.5 Å². The van der Waals surface area contributed by atoms with Crippen LogP contribution in [0.2, 0.25) is 0 Å². The van der Waals surface area contributed by atoms with Crippen LogP contribution >= 0.6 is 0 Å². The molecule has 1 fully saturated rings. The summed E-state index contributed by atoms with van der Waals surface area (Å²) in [5.74, 6) is 0.847. The first kappa shape index (κ1) is 11.2. The van der Waals surface area contributed by atoms with E-state index in [0.29, 0.717) is 11.7 Å². The lowest BCUT2D eigenvalue weighted by Gasteiger charge is -2.33. The molecule has 0 radical (unpaired) electrons. The molecule has 0 aromatic carbocycles. The van der Waals surface area contributed by atoms with Crippen molar-refractivity contribution in [3.8, 4) is 6.07 Å². The predicted molar refractivity (Wildman–Crippen MR) is 69.8 cm³/mol. The van der Waals surface area contributed by atoms with Crippen molar-refractivity contribution >= 4 is 11.0 Å². The van der Waals surface area contributed by atoms with Crippen molar-refractivity contribution < 1.29 is 0 Å². The molecule has 2 N–H and O–H groups in total. The van der Waals surface area contributed by atoms with Crippen LogP contribution in [0.1, 0.15) is 31.0 Å². The van der Waals surface area contributed by atoms with E-state index < -0.39 is 0 Å².